The zero-order valence-corrected chi connectivity index (χ0v) is 10.2. The van der Waals surface area contributed by atoms with E-state index in [0.717, 1.165) is 12.2 Å². The molecule has 1 N–H and O–H groups in total. The second-order valence-electron chi connectivity index (χ2n) is 3.74. The lowest BCUT2D eigenvalue weighted by atomic mass is 10.1. The van der Waals surface area contributed by atoms with Crippen molar-refractivity contribution in [1.29, 1.82) is 0 Å². The van der Waals surface area contributed by atoms with E-state index in [2.05, 4.69) is 5.32 Å². The molecule has 0 aliphatic carbocycles. The maximum absolute atomic E-state index is 13.6. The summed E-state index contributed by atoms with van der Waals surface area (Å²) < 4.78 is 18.9. The third-order valence-corrected chi connectivity index (χ3v) is 2.79. The molecule has 2 aromatic rings. The predicted octanol–water partition coefficient (Wildman–Crippen LogP) is 4.64. The summed E-state index contributed by atoms with van der Waals surface area (Å²) >= 11 is 5.84. The van der Waals surface area contributed by atoms with Gasteiger partial charge in [0, 0.05) is 5.02 Å². The Morgan fingerprint density at radius 2 is 2.24 bits per heavy atom. The number of benzene rings is 1. The topological polar surface area (TPSA) is 25.2 Å². The molecule has 1 aromatic carbocycles. The quantitative estimate of drug-likeness (QED) is 0.859. The minimum absolute atomic E-state index is 0.0574. The maximum atomic E-state index is 13.6. The Morgan fingerprint density at radius 1 is 1.41 bits per heavy atom. The van der Waals surface area contributed by atoms with Crippen LogP contribution in [0, 0.1) is 5.82 Å². The minimum atomic E-state index is -0.320. The van der Waals surface area contributed by atoms with Crippen molar-refractivity contribution < 1.29 is 8.81 Å². The fourth-order valence-corrected chi connectivity index (χ4v) is 1.83. The Balaban J connectivity index is 2.21. The first kappa shape index (κ1) is 12.0. The van der Waals surface area contributed by atoms with Gasteiger partial charge in [0.25, 0.3) is 0 Å². The first-order valence-electron chi connectivity index (χ1n) is 5.45. The highest BCUT2D eigenvalue weighted by Gasteiger charge is 2.14. The van der Waals surface area contributed by atoms with Gasteiger partial charge in [-0.15, -0.1) is 0 Å². The van der Waals surface area contributed by atoms with Crippen molar-refractivity contribution in [3.05, 3.63) is 53.2 Å². The smallest absolute Gasteiger partial charge is 0.146 e. The lowest BCUT2D eigenvalue weighted by molar-refractivity contribution is 0.472. The molecule has 0 spiro atoms. The van der Waals surface area contributed by atoms with Crippen molar-refractivity contribution in [3.63, 3.8) is 0 Å². The SMILES string of the molecule is CCC(Nc1cc(Cl)ccc1F)c1ccco1. The third kappa shape index (κ3) is 2.80. The summed E-state index contributed by atoms with van der Waals surface area (Å²) in [5.41, 5.74) is 0.390. The summed E-state index contributed by atoms with van der Waals surface area (Å²) in [5.74, 6) is 0.464. The lowest BCUT2D eigenvalue weighted by Gasteiger charge is -2.16. The molecule has 17 heavy (non-hydrogen) atoms. The minimum Gasteiger partial charge on any atom is -0.467 e. The van der Waals surface area contributed by atoms with E-state index in [-0.39, 0.29) is 11.9 Å². The highest BCUT2D eigenvalue weighted by atomic mass is 35.5. The van der Waals surface area contributed by atoms with Gasteiger partial charge in [-0.1, -0.05) is 18.5 Å². The van der Waals surface area contributed by atoms with Gasteiger partial charge < -0.3 is 9.73 Å². The summed E-state index contributed by atoms with van der Waals surface area (Å²) in [7, 11) is 0. The number of anilines is 1. The fraction of sp³-hybridized carbons (Fsp3) is 0.231. The maximum Gasteiger partial charge on any atom is 0.146 e. The Kier molecular flexibility index (Phi) is 3.69. The van der Waals surface area contributed by atoms with Crippen molar-refractivity contribution in [2.75, 3.05) is 5.32 Å². The molecule has 0 radical (unpaired) electrons. The van der Waals surface area contributed by atoms with Crippen molar-refractivity contribution in [1.82, 2.24) is 0 Å². The molecule has 0 bridgehead atoms. The van der Waals surface area contributed by atoms with E-state index in [9.17, 15) is 4.39 Å². The van der Waals surface area contributed by atoms with E-state index in [4.69, 9.17) is 16.0 Å². The zero-order valence-electron chi connectivity index (χ0n) is 9.41. The Bertz CT molecular complexity index is 484. The fourth-order valence-electron chi connectivity index (χ4n) is 1.66. The highest BCUT2D eigenvalue weighted by Crippen LogP contribution is 2.26. The molecule has 4 heteroatoms. The second-order valence-corrected chi connectivity index (χ2v) is 4.18. The standard InChI is InChI=1S/C13H13ClFNO/c1-2-11(13-4-3-7-17-13)16-12-8-9(14)5-6-10(12)15/h3-8,11,16H,2H2,1H3. The second kappa shape index (κ2) is 5.23. The van der Waals surface area contributed by atoms with Crippen LogP contribution in [0.3, 0.4) is 0 Å². The van der Waals surface area contributed by atoms with Gasteiger partial charge in [0.15, 0.2) is 0 Å². The van der Waals surface area contributed by atoms with Crippen molar-refractivity contribution in [2.45, 2.75) is 19.4 Å². The first-order chi connectivity index (χ1) is 8.20. The van der Waals surface area contributed by atoms with Gasteiger partial charge in [0.1, 0.15) is 11.6 Å². The molecule has 2 nitrogen and oxygen atoms in total. The van der Waals surface area contributed by atoms with E-state index >= 15 is 0 Å². The van der Waals surface area contributed by atoms with Crippen LogP contribution in [-0.2, 0) is 0 Å². The monoisotopic (exact) mass is 253 g/mol. The number of hydrogen-bond acceptors (Lipinski definition) is 2. The van der Waals surface area contributed by atoms with Crippen LogP contribution in [0.1, 0.15) is 25.1 Å². The number of halogens is 2. The van der Waals surface area contributed by atoms with E-state index in [0.29, 0.717) is 10.7 Å². The van der Waals surface area contributed by atoms with Crippen LogP contribution in [0.5, 0.6) is 0 Å². The molecular weight excluding hydrogens is 241 g/mol. The molecule has 90 valence electrons. The van der Waals surface area contributed by atoms with Crippen molar-refractivity contribution >= 4 is 17.3 Å². The van der Waals surface area contributed by atoms with Crippen LogP contribution >= 0.6 is 11.6 Å². The van der Waals surface area contributed by atoms with Gasteiger partial charge in [-0.25, -0.2) is 4.39 Å². The summed E-state index contributed by atoms with van der Waals surface area (Å²) in [6.45, 7) is 2.00. The van der Waals surface area contributed by atoms with E-state index < -0.39 is 0 Å². The molecule has 0 saturated carbocycles. The molecule has 2 rings (SSSR count). The van der Waals surface area contributed by atoms with Gasteiger partial charge in [0.2, 0.25) is 0 Å². The molecular formula is C13H13ClFNO. The van der Waals surface area contributed by atoms with Crippen LogP contribution in [0.4, 0.5) is 10.1 Å². The van der Waals surface area contributed by atoms with Crippen LogP contribution in [0.2, 0.25) is 5.02 Å². The van der Waals surface area contributed by atoms with Crippen LogP contribution in [-0.4, -0.2) is 0 Å². The van der Waals surface area contributed by atoms with Gasteiger partial charge in [-0.3, -0.25) is 0 Å². The van der Waals surface area contributed by atoms with Gasteiger partial charge in [0.05, 0.1) is 18.0 Å². The average Bonchev–Trinajstić information content (AvgIpc) is 2.84. The van der Waals surface area contributed by atoms with Gasteiger partial charge >= 0.3 is 0 Å². The lowest BCUT2D eigenvalue weighted by Crippen LogP contribution is -2.09. The third-order valence-electron chi connectivity index (χ3n) is 2.55. The molecule has 1 aromatic heterocycles. The molecule has 1 atom stereocenters. The largest absolute Gasteiger partial charge is 0.467 e. The Labute approximate surface area is 104 Å². The van der Waals surface area contributed by atoms with Crippen LogP contribution in [0.15, 0.2) is 41.0 Å². The zero-order chi connectivity index (χ0) is 12.3. The van der Waals surface area contributed by atoms with Gasteiger partial charge in [-0.2, -0.15) is 0 Å². The summed E-state index contributed by atoms with van der Waals surface area (Å²) in [6.07, 6.45) is 2.40. The van der Waals surface area contributed by atoms with E-state index in [1.54, 1.807) is 12.3 Å². The van der Waals surface area contributed by atoms with Crippen molar-refractivity contribution in [3.8, 4) is 0 Å². The molecule has 0 fully saturated rings. The number of rotatable bonds is 4. The Morgan fingerprint density at radius 3 is 2.88 bits per heavy atom. The summed E-state index contributed by atoms with van der Waals surface area (Å²) in [4.78, 5) is 0. The number of nitrogens with one attached hydrogen (secondary N) is 1. The molecule has 1 unspecified atom stereocenters. The number of furan rings is 1. The summed E-state index contributed by atoms with van der Waals surface area (Å²) in [6, 6.07) is 8.06. The van der Waals surface area contributed by atoms with Gasteiger partial charge in [-0.05, 0) is 36.8 Å². The molecule has 1 heterocycles. The molecule has 0 amide bonds. The highest BCUT2D eigenvalue weighted by molar-refractivity contribution is 6.30. The van der Waals surface area contributed by atoms with Crippen molar-refractivity contribution in [2.24, 2.45) is 0 Å². The van der Waals surface area contributed by atoms with Crippen LogP contribution in [0.25, 0.3) is 0 Å². The Hall–Kier alpha value is -1.48. The molecule has 0 aliphatic heterocycles. The molecule has 0 aliphatic rings. The van der Waals surface area contributed by atoms with E-state index in [1.165, 1.54) is 12.1 Å². The van der Waals surface area contributed by atoms with Crippen LogP contribution < -0.4 is 5.32 Å². The molecule has 0 saturated heterocycles. The normalized spacial score (nSPS) is 12.4. The van der Waals surface area contributed by atoms with E-state index in [1.807, 2.05) is 19.1 Å². The summed E-state index contributed by atoms with van der Waals surface area (Å²) in [5, 5.41) is 3.59. The predicted molar refractivity (Wildman–Crippen MR) is 66.8 cm³/mol. The number of hydrogen-bond donors (Lipinski definition) is 1. The first-order valence-corrected chi connectivity index (χ1v) is 5.83. The average molecular weight is 254 g/mol.